The fourth-order valence-corrected chi connectivity index (χ4v) is 1.44. The minimum atomic E-state index is -0.553. The summed E-state index contributed by atoms with van der Waals surface area (Å²) in [4.78, 5) is 10.2. The van der Waals surface area contributed by atoms with Crippen molar-refractivity contribution in [2.75, 3.05) is 0 Å². The molecule has 0 aliphatic rings. The largest absolute Gasteiger partial charge is 0.324 e. The predicted molar refractivity (Wildman–Crippen MR) is 66.7 cm³/mol. The van der Waals surface area contributed by atoms with Crippen LogP contribution in [0.1, 0.15) is 24.4 Å². The van der Waals surface area contributed by atoms with Gasteiger partial charge in [0.05, 0.1) is 4.92 Å². The minimum absolute atomic E-state index is 0. The molecular formula is C11H14ClFN2O2. The van der Waals surface area contributed by atoms with Gasteiger partial charge in [0, 0.05) is 17.7 Å². The van der Waals surface area contributed by atoms with E-state index >= 15 is 0 Å². The zero-order valence-electron chi connectivity index (χ0n) is 9.14. The van der Waals surface area contributed by atoms with Crippen LogP contribution < -0.4 is 5.73 Å². The maximum absolute atomic E-state index is 13.0. The molecule has 0 aromatic heterocycles. The first kappa shape index (κ1) is 15.5. The summed E-state index contributed by atoms with van der Waals surface area (Å²) >= 11 is 0. The Morgan fingerprint density at radius 2 is 2.24 bits per heavy atom. The van der Waals surface area contributed by atoms with Crippen molar-refractivity contribution in [1.82, 2.24) is 0 Å². The molecule has 6 heteroatoms. The summed E-state index contributed by atoms with van der Waals surface area (Å²) in [6.45, 7) is 3.54. The van der Waals surface area contributed by atoms with E-state index in [1.807, 2.05) is 0 Å². The first-order valence-electron chi connectivity index (χ1n) is 4.86. The average molecular weight is 261 g/mol. The molecular weight excluding hydrogens is 247 g/mol. The van der Waals surface area contributed by atoms with Crippen molar-refractivity contribution in [2.24, 2.45) is 5.73 Å². The molecule has 0 aliphatic heterocycles. The zero-order valence-corrected chi connectivity index (χ0v) is 9.95. The van der Waals surface area contributed by atoms with Crippen LogP contribution in [0.15, 0.2) is 30.9 Å². The Kier molecular flexibility index (Phi) is 6.38. The standard InChI is InChI=1S/C11H13FN2O2.ClH/c1-2-3-4-10(13)9-7-8(12)5-6-11(9)14(15)16;/h2,5-7,10H,1,3-4,13H2;1H/t10-;/m1./s1. The highest BCUT2D eigenvalue weighted by Gasteiger charge is 2.19. The SMILES string of the molecule is C=CCC[C@@H](N)c1cc(F)ccc1[N+](=O)[O-].Cl. The van der Waals surface area contributed by atoms with Gasteiger partial charge in [-0.05, 0) is 25.0 Å². The normalized spacial score (nSPS) is 11.4. The highest BCUT2D eigenvalue weighted by Crippen LogP contribution is 2.27. The number of benzene rings is 1. The van der Waals surface area contributed by atoms with Crippen molar-refractivity contribution in [3.8, 4) is 0 Å². The van der Waals surface area contributed by atoms with E-state index in [4.69, 9.17) is 5.73 Å². The number of nitrogens with zero attached hydrogens (tertiary/aromatic N) is 1. The number of rotatable bonds is 5. The van der Waals surface area contributed by atoms with E-state index in [1.54, 1.807) is 6.08 Å². The van der Waals surface area contributed by atoms with E-state index in [0.717, 1.165) is 18.2 Å². The van der Waals surface area contributed by atoms with E-state index in [9.17, 15) is 14.5 Å². The number of hydrogen-bond acceptors (Lipinski definition) is 3. The molecule has 0 aliphatic carbocycles. The van der Waals surface area contributed by atoms with Gasteiger partial charge in [-0.2, -0.15) is 0 Å². The molecule has 0 saturated carbocycles. The van der Waals surface area contributed by atoms with Crippen LogP contribution in [-0.4, -0.2) is 4.92 Å². The van der Waals surface area contributed by atoms with E-state index in [1.165, 1.54) is 0 Å². The summed E-state index contributed by atoms with van der Waals surface area (Å²) in [5, 5.41) is 10.7. The molecule has 0 saturated heterocycles. The van der Waals surface area contributed by atoms with Gasteiger partial charge in [-0.15, -0.1) is 19.0 Å². The maximum atomic E-state index is 13.0. The highest BCUT2D eigenvalue weighted by molar-refractivity contribution is 5.85. The minimum Gasteiger partial charge on any atom is -0.324 e. The molecule has 0 heterocycles. The van der Waals surface area contributed by atoms with Crippen LogP contribution in [-0.2, 0) is 0 Å². The lowest BCUT2D eigenvalue weighted by atomic mass is 10.0. The summed E-state index contributed by atoms with van der Waals surface area (Å²) in [7, 11) is 0. The van der Waals surface area contributed by atoms with Gasteiger partial charge < -0.3 is 5.73 Å². The van der Waals surface area contributed by atoms with Crippen LogP contribution in [0.25, 0.3) is 0 Å². The van der Waals surface area contributed by atoms with E-state index in [2.05, 4.69) is 6.58 Å². The number of nitro groups is 1. The van der Waals surface area contributed by atoms with Crippen LogP contribution in [0.2, 0.25) is 0 Å². The Labute approximate surface area is 105 Å². The van der Waals surface area contributed by atoms with Crippen LogP contribution >= 0.6 is 12.4 Å². The molecule has 1 aromatic carbocycles. The second-order valence-corrected chi connectivity index (χ2v) is 3.43. The number of hydrogen-bond donors (Lipinski definition) is 1. The van der Waals surface area contributed by atoms with Crippen molar-refractivity contribution in [1.29, 1.82) is 0 Å². The first-order valence-corrected chi connectivity index (χ1v) is 4.86. The monoisotopic (exact) mass is 260 g/mol. The molecule has 0 fully saturated rings. The van der Waals surface area contributed by atoms with E-state index < -0.39 is 16.8 Å². The van der Waals surface area contributed by atoms with Gasteiger partial charge in [0.25, 0.3) is 5.69 Å². The number of halogens is 2. The van der Waals surface area contributed by atoms with E-state index in [-0.39, 0.29) is 23.7 Å². The molecule has 0 spiro atoms. The summed E-state index contributed by atoms with van der Waals surface area (Å²) in [5.41, 5.74) is 5.86. The predicted octanol–water partition coefficient (Wildman–Crippen LogP) is 3.12. The Morgan fingerprint density at radius 1 is 1.59 bits per heavy atom. The van der Waals surface area contributed by atoms with Gasteiger partial charge in [0.2, 0.25) is 0 Å². The lowest BCUT2D eigenvalue weighted by Gasteiger charge is -2.11. The fraction of sp³-hybridized carbons (Fsp3) is 0.273. The summed E-state index contributed by atoms with van der Waals surface area (Å²) in [6, 6.07) is 2.76. The third-order valence-electron chi connectivity index (χ3n) is 2.27. The molecule has 2 N–H and O–H groups in total. The van der Waals surface area contributed by atoms with Crippen LogP contribution in [0.4, 0.5) is 10.1 Å². The molecule has 1 rings (SSSR count). The lowest BCUT2D eigenvalue weighted by molar-refractivity contribution is -0.385. The Morgan fingerprint density at radius 3 is 2.76 bits per heavy atom. The third kappa shape index (κ3) is 4.13. The summed E-state index contributed by atoms with van der Waals surface area (Å²) in [5.74, 6) is -0.519. The third-order valence-corrected chi connectivity index (χ3v) is 2.27. The molecule has 0 radical (unpaired) electrons. The molecule has 94 valence electrons. The van der Waals surface area contributed by atoms with Crippen molar-refractivity contribution in [2.45, 2.75) is 18.9 Å². The molecule has 0 bridgehead atoms. The van der Waals surface area contributed by atoms with Crippen LogP contribution in [0, 0.1) is 15.9 Å². The van der Waals surface area contributed by atoms with Crippen molar-refractivity contribution in [3.63, 3.8) is 0 Å². The fourth-order valence-electron chi connectivity index (χ4n) is 1.44. The quantitative estimate of drug-likeness (QED) is 0.502. The molecule has 1 aromatic rings. The molecule has 17 heavy (non-hydrogen) atoms. The summed E-state index contributed by atoms with van der Waals surface area (Å²) in [6.07, 6.45) is 2.81. The second-order valence-electron chi connectivity index (χ2n) is 3.43. The first-order chi connectivity index (χ1) is 7.56. The Hall–Kier alpha value is -1.46. The van der Waals surface area contributed by atoms with Gasteiger partial charge in [-0.25, -0.2) is 4.39 Å². The van der Waals surface area contributed by atoms with Gasteiger partial charge in [-0.3, -0.25) is 10.1 Å². The highest BCUT2D eigenvalue weighted by atomic mass is 35.5. The summed E-state index contributed by atoms with van der Waals surface area (Å²) < 4.78 is 13.0. The average Bonchev–Trinajstić information content (AvgIpc) is 2.25. The molecule has 4 nitrogen and oxygen atoms in total. The zero-order chi connectivity index (χ0) is 12.1. The topological polar surface area (TPSA) is 69.2 Å². The molecule has 0 amide bonds. The number of nitrogens with two attached hydrogens (primary N) is 1. The number of nitro benzene ring substituents is 1. The maximum Gasteiger partial charge on any atom is 0.274 e. The van der Waals surface area contributed by atoms with Gasteiger partial charge >= 0.3 is 0 Å². The van der Waals surface area contributed by atoms with Crippen molar-refractivity contribution in [3.05, 3.63) is 52.3 Å². The Bertz CT molecular complexity index is 412. The van der Waals surface area contributed by atoms with Crippen LogP contribution in [0.5, 0.6) is 0 Å². The lowest BCUT2D eigenvalue weighted by Crippen LogP contribution is -2.12. The van der Waals surface area contributed by atoms with E-state index in [0.29, 0.717) is 12.8 Å². The van der Waals surface area contributed by atoms with Gasteiger partial charge in [0.1, 0.15) is 5.82 Å². The number of allylic oxidation sites excluding steroid dienone is 1. The second kappa shape index (κ2) is 6.98. The van der Waals surface area contributed by atoms with Crippen molar-refractivity contribution < 1.29 is 9.31 Å². The smallest absolute Gasteiger partial charge is 0.274 e. The molecule has 1 atom stereocenters. The van der Waals surface area contributed by atoms with Crippen LogP contribution in [0.3, 0.4) is 0 Å². The molecule has 0 unspecified atom stereocenters. The Balaban J connectivity index is 0.00000256. The van der Waals surface area contributed by atoms with Crippen molar-refractivity contribution >= 4 is 18.1 Å². The van der Waals surface area contributed by atoms with Gasteiger partial charge in [-0.1, -0.05) is 6.08 Å². The van der Waals surface area contributed by atoms with Gasteiger partial charge in [0.15, 0.2) is 0 Å².